The summed E-state index contributed by atoms with van der Waals surface area (Å²) in [5.74, 6) is 1.92. The van der Waals surface area contributed by atoms with E-state index < -0.39 is 0 Å². The third kappa shape index (κ3) is 2.69. The molecule has 1 aromatic heterocycles. The van der Waals surface area contributed by atoms with E-state index in [2.05, 4.69) is 23.0 Å². The Hall–Kier alpha value is -1.09. The van der Waals surface area contributed by atoms with Crippen LogP contribution < -0.4 is 10.6 Å². The Morgan fingerprint density at radius 1 is 1.60 bits per heavy atom. The third-order valence-corrected chi connectivity index (χ3v) is 2.92. The summed E-state index contributed by atoms with van der Waals surface area (Å²) in [6, 6.07) is 4.16. The van der Waals surface area contributed by atoms with Crippen LogP contribution >= 0.6 is 0 Å². The van der Waals surface area contributed by atoms with Crippen LogP contribution in [0, 0.1) is 5.92 Å². The fraction of sp³-hybridized carbons (Fsp3) is 0.583. The predicted molar refractivity (Wildman–Crippen MR) is 62.8 cm³/mol. The van der Waals surface area contributed by atoms with Crippen LogP contribution in [0.2, 0.25) is 0 Å². The van der Waals surface area contributed by atoms with Crippen molar-refractivity contribution in [2.24, 2.45) is 11.7 Å². The first-order chi connectivity index (χ1) is 7.16. The average Bonchev–Trinajstić information content (AvgIpc) is 3.02. The lowest BCUT2D eigenvalue weighted by atomic mass is 10.1. The highest BCUT2D eigenvalue weighted by molar-refractivity contribution is 5.41. The Bertz CT molecular complexity index is 331. The summed E-state index contributed by atoms with van der Waals surface area (Å²) in [5.41, 5.74) is 7.01. The molecule has 1 atom stereocenters. The predicted octanol–water partition coefficient (Wildman–Crippen LogP) is 1.95. The molecule has 0 spiro atoms. The lowest BCUT2D eigenvalue weighted by Crippen LogP contribution is -2.21. The van der Waals surface area contributed by atoms with E-state index in [9.17, 15) is 0 Å². The van der Waals surface area contributed by atoms with Crippen LogP contribution in [0.1, 0.15) is 31.4 Å². The van der Waals surface area contributed by atoms with Crippen molar-refractivity contribution in [2.75, 3.05) is 18.5 Å². The molecule has 1 aliphatic carbocycles. The van der Waals surface area contributed by atoms with Crippen LogP contribution in [-0.4, -0.2) is 18.6 Å². The summed E-state index contributed by atoms with van der Waals surface area (Å²) in [4.78, 5) is 6.60. The Balaban J connectivity index is 2.08. The van der Waals surface area contributed by atoms with Crippen molar-refractivity contribution in [2.45, 2.75) is 25.8 Å². The second-order valence-corrected chi connectivity index (χ2v) is 4.56. The highest BCUT2D eigenvalue weighted by Gasteiger charge is 2.23. The quantitative estimate of drug-likeness (QED) is 0.817. The maximum Gasteiger partial charge on any atom is 0.128 e. The van der Waals surface area contributed by atoms with E-state index in [4.69, 9.17) is 5.73 Å². The summed E-state index contributed by atoms with van der Waals surface area (Å²) < 4.78 is 0. The van der Waals surface area contributed by atoms with Gasteiger partial charge in [-0.3, -0.25) is 0 Å². The zero-order chi connectivity index (χ0) is 10.8. The van der Waals surface area contributed by atoms with Gasteiger partial charge in [-0.05, 0) is 43.4 Å². The van der Waals surface area contributed by atoms with Gasteiger partial charge in [-0.25, -0.2) is 4.98 Å². The summed E-state index contributed by atoms with van der Waals surface area (Å²) in [6.45, 7) is 3.12. The first kappa shape index (κ1) is 10.4. The van der Waals surface area contributed by atoms with Crippen molar-refractivity contribution in [1.82, 2.24) is 4.98 Å². The second kappa shape index (κ2) is 4.19. The molecule has 2 N–H and O–H groups in total. The minimum atomic E-state index is 0.0843. The number of nitrogens with two attached hydrogens (primary N) is 1. The molecule has 1 heterocycles. The number of rotatable bonds is 4. The fourth-order valence-corrected chi connectivity index (χ4v) is 1.71. The number of nitrogens with zero attached hydrogens (tertiary/aromatic N) is 2. The van der Waals surface area contributed by atoms with Gasteiger partial charge in [-0.2, -0.15) is 0 Å². The Morgan fingerprint density at radius 2 is 2.33 bits per heavy atom. The molecule has 1 aromatic rings. The lowest BCUT2D eigenvalue weighted by molar-refractivity contribution is 0.769. The van der Waals surface area contributed by atoms with Crippen LogP contribution in [0.15, 0.2) is 18.3 Å². The Labute approximate surface area is 91.3 Å². The van der Waals surface area contributed by atoms with Gasteiger partial charge in [0.15, 0.2) is 0 Å². The minimum absolute atomic E-state index is 0.0843. The summed E-state index contributed by atoms with van der Waals surface area (Å²) in [7, 11) is 2.10. The Kier molecular flexibility index (Phi) is 2.91. The van der Waals surface area contributed by atoms with E-state index in [1.165, 1.54) is 12.8 Å². The molecule has 1 unspecified atom stereocenters. The van der Waals surface area contributed by atoms with E-state index in [0.717, 1.165) is 23.8 Å². The van der Waals surface area contributed by atoms with Gasteiger partial charge >= 0.3 is 0 Å². The highest BCUT2D eigenvalue weighted by Crippen LogP contribution is 2.30. The Morgan fingerprint density at radius 3 is 2.93 bits per heavy atom. The normalized spacial score (nSPS) is 17.5. The van der Waals surface area contributed by atoms with Crippen LogP contribution in [0.5, 0.6) is 0 Å². The van der Waals surface area contributed by atoms with Gasteiger partial charge < -0.3 is 10.6 Å². The van der Waals surface area contributed by atoms with Crippen molar-refractivity contribution in [3.63, 3.8) is 0 Å². The zero-order valence-electron chi connectivity index (χ0n) is 9.48. The van der Waals surface area contributed by atoms with E-state index >= 15 is 0 Å². The first-order valence-electron chi connectivity index (χ1n) is 5.59. The van der Waals surface area contributed by atoms with E-state index in [1.807, 2.05) is 19.2 Å². The molecular weight excluding hydrogens is 186 g/mol. The summed E-state index contributed by atoms with van der Waals surface area (Å²) >= 11 is 0. The molecule has 0 bridgehead atoms. The van der Waals surface area contributed by atoms with Crippen molar-refractivity contribution < 1.29 is 0 Å². The van der Waals surface area contributed by atoms with Crippen molar-refractivity contribution in [3.05, 3.63) is 23.9 Å². The topological polar surface area (TPSA) is 42.1 Å². The molecule has 0 radical (unpaired) electrons. The minimum Gasteiger partial charge on any atom is -0.359 e. The molecule has 1 saturated carbocycles. The van der Waals surface area contributed by atoms with E-state index in [-0.39, 0.29) is 6.04 Å². The lowest BCUT2D eigenvalue weighted by Gasteiger charge is -2.19. The number of anilines is 1. The van der Waals surface area contributed by atoms with Gasteiger partial charge in [0.25, 0.3) is 0 Å². The van der Waals surface area contributed by atoms with Crippen molar-refractivity contribution in [3.8, 4) is 0 Å². The molecule has 2 rings (SSSR count). The van der Waals surface area contributed by atoms with E-state index in [0.29, 0.717) is 0 Å². The number of pyridine rings is 1. The van der Waals surface area contributed by atoms with Gasteiger partial charge in [-0.1, -0.05) is 0 Å². The monoisotopic (exact) mass is 205 g/mol. The largest absolute Gasteiger partial charge is 0.359 e. The fourth-order valence-electron chi connectivity index (χ4n) is 1.71. The van der Waals surface area contributed by atoms with Crippen LogP contribution in [0.3, 0.4) is 0 Å². The molecule has 82 valence electrons. The maximum absolute atomic E-state index is 5.85. The van der Waals surface area contributed by atoms with E-state index in [1.54, 1.807) is 0 Å². The molecule has 0 aromatic carbocycles. The molecule has 0 saturated heterocycles. The van der Waals surface area contributed by atoms with Crippen LogP contribution in [0.4, 0.5) is 5.82 Å². The molecule has 15 heavy (non-hydrogen) atoms. The van der Waals surface area contributed by atoms with Crippen LogP contribution in [-0.2, 0) is 0 Å². The molecular formula is C12H19N3. The summed E-state index contributed by atoms with van der Waals surface area (Å²) in [6.07, 6.45) is 4.59. The van der Waals surface area contributed by atoms with Crippen molar-refractivity contribution in [1.29, 1.82) is 0 Å². The van der Waals surface area contributed by atoms with Crippen molar-refractivity contribution >= 4 is 5.82 Å². The molecule has 0 aliphatic heterocycles. The number of hydrogen-bond donors (Lipinski definition) is 1. The second-order valence-electron chi connectivity index (χ2n) is 4.56. The standard InChI is InChI=1S/C12H19N3/c1-9(13)11-5-6-14-12(7-11)15(2)8-10-3-4-10/h5-7,9-10H,3-4,8,13H2,1-2H3. The molecule has 1 fully saturated rings. The summed E-state index contributed by atoms with van der Waals surface area (Å²) in [5, 5.41) is 0. The molecule has 1 aliphatic rings. The highest BCUT2D eigenvalue weighted by atomic mass is 15.2. The first-order valence-corrected chi connectivity index (χ1v) is 5.59. The van der Waals surface area contributed by atoms with Gasteiger partial charge in [0, 0.05) is 25.8 Å². The van der Waals surface area contributed by atoms with Gasteiger partial charge in [0.2, 0.25) is 0 Å². The number of hydrogen-bond acceptors (Lipinski definition) is 3. The SMILES string of the molecule is CC(N)c1ccnc(N(C)CC2CC2)c1. The smallest absolute Gasteiger partial charge is 0.128 e. The molecule has 0 amide bonds. The molecule has 3 heteroatoms. The maximum atomic E-state index is 5.85. The van der Waals surface area contributed by atoms with Gasteiger partial charge in [0.1, 0.15) is 5.82 Å². The average molecular weight is 205 g/mol. The molecule has 3 nitrogen and oxygen atoms in total. The number of aromatic nitrogens is 1. The third-order valence-electron chi connectivity index (χ3n) is 2.92. The van der Waals surface area contributed by atoms with Crippen LogP contribution in [0.25, 0.3) is 0 Å². The van der Waals surface area contributed by atoms with Gasteiger partial charge in [0.05, 0.1) is 0 Å². The zero-order valence-corrected chi connectivity index (χ0v) is 9.48. The van der Waals surface area contributed by atoms with Gasteiger partial charge in [-0.15, -0.1) is 0 Å².